The van der Waals surface area contributed by atoms with Gasteiger partial charge in [0.2, 0.25) is 0 Å². The van der Waals surface area contributed by atoms with Crippen LogP contribution in [0.3, 0.4) is 0 Å². The number of amides is 2. The molecule has 5 rings (SSSR count). The van der Waals surface area contributed by atoms with Crippen molar-refractivity contribution in [2.75, 3.05) is 4.90 Å². The second-order valence-corrected chi connectivity index (χ2v) is 8.73. The first-order chi connectivity index (χ1) is 18.4. The number of rotatable bonds is 6. The molecule has 0 aliphatic carbocycles. The third-order valence-electron chi connectivity index (χ3n) is 5.86. The lowest BCUT2D eigenvalue weighted by atomic mass is 9.96. The number of carbonyl (C=O) groups excluding carboxylic acids is 2. The summed E-state index contributed by atoms with van der Waals surface area (Å²) in [7, 11) is 0. The number of benzene rings is 4. The van der Waals surface area contributed by atoms with Crippen molar-refractivity contribution in [1.82, 2.24) is 5.32 Å². The molecule has 1 aliphatic heterocycles. The van der Waals surface area contributed by atoms with Crippen LogP contribution in [0, 0.1) is 0 Å². The Labute approximate surface area is 223 Å². The molecular formula is C30H20N2O5S. The fourth-order valence-corrected chi connectivity index (χ4v) is 4.32. The second kappa shape index (κ2) is 10.5. The average Bonchev–Trinajstić information content (AvgIpc) is 2.93. The maximum absolute atomic E-state index is 13.5. The van der Waals surface area contributed by atoms with Crippen molar-refractivity contribution in [2.45, 2.75) is 0 Å². The lowest BCUT2D eigenvalue weighted by Gasteiger charge is -2.29. The fraction of sp³-hybridized carbons (Fsp3) is 0. The highest BCUT2D eigenvalue weighted by Gasteiger charge is 2.34. The van der Waals surface area contributed by atoms with Gasteiger partial charge in [-0.2, -0.15) is 0 Å². The molecule has 186 valence electrons. The first kappa shape index (κ1) is 24.6. The topological polar surface area (TPSA) is 95.9 Å². The van der Waals surface area contributed by atoms with E-state index in [0.717, 1.165) is 0 Å². The number of hydrogen-bond donors (Lipinski definition) is 2. The van der Waals surface area contributed by atoms with E-state index in [2.05, 4.69) is 5.32 Å². The molecule has 38 heavy (non-hydrogen) atoms. The number of hydrogen-bond acceptors (Lipinski definition) is 5. The molecule has 1 saturated heterocycles. The Morgan fingerprint density at radius 2 is 1.53 bits per heavy atom. The van der Waals surface area contributed by atoms with Crippen LogP contribution in [0.25, 0.3) is 17.2 Å². The van der Waals surface area contributed by atoms with Crippen LogP contribution in [-0.2, 0) is 9.59 Å². The Morgan fingerprint density at radius 3 is 2.26 bits per heavy atom. The summed E-state index contributed by atoms with van der Waals surface area (Å²) < 4.78 is 5.82. The molecule has 1 fully saturated rings. The van der Waals surface area contributed by atoms with Gasteiger partial charge in [-0.3, -0.25) is 19.8 Å². The van der Waals surface area contributed by atoms with Crippen molar-refractivity contribution in [1.29, 1.82) is 0 Å². The van der Waals surface area contributed by atoms with Crippen LogP contribution in [-0.4, -0.2) is 28.0 Å². The molecule has 4 aromatic carbocycles. The molecule has 0 bridgehead atoms. The number of para-hydroxylation sites is 1. The SMILES string of the molecule is O=C1NC(=S)N(c2ccc(Oc3ccccc3)cc2)C(=O)/C1=C/c1ccccc1-c1cccc(C(=O)O)c1. The van der Waals surface area contributed by atoms with E-state index in [1.165, 1.54) is 17.0 Å². The molecule has 2 N–H and O–H groups in total. The minimum atomic E-state index is -1.05. The molecule has 0 unspecified atom stereocenters. The zero-order chi connectivity index (χ0) is 26.6. The molecule has 0 spiro atoms. The van der Waals surface area contributed by atoms with Crippen molar-refractivity contribution >= 4 is 46.9 Å². The number of nitrogens with zero attached hydrogens (tertiary/aromatic N) is 1. The number of carboxylic acid groups (broad SMARTS) is 1. The zero-order valence-corrected chi connectivity index (χ0v) is 20.6. The van der Waals surface area contributed by atoms with Crippen LogP contribution in [0.4, 0.5) is 5.69 Å². The Hall–Kier alpha value is -5.08. The summed E-state index contributed by atoms with van der Waals surface area (Å²) in [5.41, 5.74) is 2.38. The van der Waals surface area contributed by atoms with Crippen molar-refractivity contribution < 1.29 is 24.2 Å². The molecule has 7 nitrogen and oxygen atoms in total. The average molecular weight is 521 g/mol. The minimum Gasteiger partial charge on any atom is -0.478 e. The van der Waals surface area contributed by atoms with Gasteiger partial charge in [-0.05, 0) is 83.5 Å². The van der Waals surface area contributed by atoms with E-state index >= 15 is 0 Å². The van der Waals surface area contributed by atoms with Gasteiger partial charge in [0.15, 0.2) is 5.11 Å². The van der Waals surface area contributed by atoms with Crippen LogP contribution in [0.15, 0.2) is 109 Å². The Morgan fingerprint density at radius 1 is 0.842 bits per heavy atom. The molecule has 4 aromatic rings. The molecule has 8 heteroatoms. The van der Waals surface area contributed by atoms with Crippen LogP contribution >= 0.6 is 12.2 Å². The Bertz CT molecular complexity index is 1600. The maximum Gasteiger partial charge on any atom is 0.335 e. The molecule has 1 aliphatic rings. The van der Waals surface area contributed by atoms with Gasteiger partial charge in [-0.1, -0.05) is 54.6 Å². The third-order valence-corrected chi connectivity index (χ3v) is 6.14. The van der Waals surface area contributed by atoms with E-state index in [9.17, 15) is 19.5 Å². The first-order valence-corrected chi connectivity index (χ1v) is 12.0. The highest BCUT2D eigenvalue weighted by Crippen LogP contribution is 2.30. The molecule has 0 aromatic heterocycles. The van der Waals surface area contributed by atoms with Crippen molar-refractivity contribution in [2.24, 2.45) is 0 Å². The molecule has 0 saturated carbocycles. The Balaban J connectivity index is 1.46. The van der Waals surface area contributed by atoms with Crippen molar-refractivity contribution in [3.8, 4) is 22.6 Å². The van der Waals surface area contributed by atoms with E-state index in [4.69, 9.17) is 17.0 Å². The lowest BCUT2D eigenvalue weighted by Crippen LogP contribution is -2.54. The van der Waals surface area contributed by atoms with E-state index in [1.807, 2.05) is 30.3 Å². The predicted molar refractivity (Wildman–Crippen MR) is 148 cm³/mol. The molecule has 0 radical (unpaired) electrons. The van der Waals surface area contributed by atoms with Gasteiger partial charge in [0.1, 0.15) is 17.1 Å². The van der Waals surface area contributed by atoms with Crippen LogP contribution < -0.4 is 15.0 Å². The highest BCUT2D eigenvalue weighted by atomic mass is 32.1. The van der Waals surface area contributed by atoms with Gasteiger partial charge in [0.05, 0.1) is 11.3 Å². The van der Waals surface area contributed by atoms with Gasteiger partial charge in [-0.15, -0.1) is 0 Å². The summed E-state index contributed by atoms with van der Waals surface area (Å²) in [5, 5.41) is 11.9. The molecule has 1 heterocycles. The minimum absolute atomic E-state index is 0.0312. The van der Waals surface area contributed by atoms with Gasteiger partial charge < -0.3 is 9.84 Å². The molecule has 0 atom stereocenters. The fourth-order valence-electron chi connectivity index (χ4n) is 4.04. The summed E-state index contributed by atoms with van der Waals surface area (Å²) in [5.74, 6) is -0.990. The predicted octanol–water partition coefficient (Wildman–Crippen LogP) is 5.68. The summed E-state index contributed by atoms with van der Waals surface area (Å²) >= 11 is 5.32. The van der Waals surface area contributed by atoms with Crippen LogP contribution in [0.5, 0.6) is 11.5 Å². The summed E-state index contributed by atoms with van der Waals surface area (Å²) in [6, 6.07) is 29.7. The number of thiocarbonyl (C=S) groups is 1. The zero-order valence-electron chi connectivity index (χ0n) is 19.8. The summed E-state index contributed by atoms with van der Waals surface area (Å²) in [4.78, 5) is 39.1. The van der Waals surface area contributed by atoms with E-state index < -0.39 is 17.8 Å². The van der Waals surface area contributed by atoms with E-state index in [-0.39, 0.29) is 16.2 Å². The van der Waals surface area contributed by atoms with Gasteiger partial charge >= 0.3 is 5.97 Å². The number of nitrogens with one attached hydrogen (secondary N) is 1. The van der Waals surface area contributed by atoms with Crippen molar-refractivity contribution in [3.05, 3.63) is 120 Å². The first-order valence-electron chi connectivity index (χ1n) is 11.6. The van der Waals surface area contributed by atoms with Gasteiger partial charge in [0.25, 0.3) is 11.8 Å². The number of anilines is 1. The maximum atomic E-state index is 13.5. The number of carboxylic acids is 1. The summed E-state index contributed by atoms with van der Waals surface area (Å²) in [6.45, 7) is 0. The van der Waals surface area contributed by atoms with E-state index in [1.54, 1.807) is 66.7 Å². The molecular weight excluding hydrogens is 500 g/mol. The largest absolute Gasteiger partial charge is 0.478 e. The Kier molecular flexibility index (Phi) is 6.80. The van der Waals surface area contributed by atoms with Crippen molar-refractivity contribution in [3.63, 3.8) is 0 Å². The van der Waals surface area contributed by atoms with Gasteiger partial charge in [-0.25, -0.2) is 4.79 Å². The second-order valence-electron chi connectivity index (χ2n) is 8.34. The molecule has 2 amide bonds. The summed E-state index contributed by atoms with van der Waals surface area (Å²) in [6.07, 6.45) is 1.49. The standard InChI is InChI=1S/C30H20N2O5S/c33-27-26(18-20-7-4-5-12-25(20)19-8-6-9-21(17-19)29(35)36)28(34)32(30(38)31-27)22-13-15-24(16-14-22)37-23-10-2-1-3-11-23/h1-18H,(H,35,36)(H,31,33,38)/b26-18+. The number of carbonyl (C=O) groups is 3. The monoisotopic (exact) mass is 520 g/mol. The van der Waals surface area contributed by atoms with E-state index in [0.29, 0.717) is 33.9 Å². The van der Waals surface area contributed by atoms with Crippen LogP contribution in [0.2, 0.25) is 0 Å². The normalized spacial score (nSPS) is 14.4. The lowest BCUT2D eigenvalue weighted by molar-refractivity contribution is -0.122. The third kappa shape index (κ3) is 5.07. The number of ether oxygens (including phenoxy) is 1. The smallest absolute Gasteiger partial charge is 0.335 e. The highest BCUT2D eigenvalue weighted by molar-refractivity contribution is 7.80. The van der Waals surface area contributed by atoms with Gasteiger partial charge in [0, 0.05) is 0 Å². The quantitative estimate of drug-likeness (QED) is 0.193. The van der Waals surface area contributed by atoms with Crippen LogP contribution in [0.1, 0.15) is 15.9 Å². The number of aromatic carboxylic acids is 1.